The van der Waals surface area contributed by atoms with Crippen LogP contribution in [0.1, 0.15) is 25.5 Å². The highest BCUT2D eigenvalue weighted by Gasteiger charge is 2.30. The summed E-state index contributed by atoms with van der Waals surface area (Å²) in [7, 11) is 2.02. The molecule has 0 radical (unpaired) electrons. The second-order valence-corrected chi connectivity index (χ2v) is 5.53. The van der Waals surface area contributed by atoms with Gasteiger partial charge in [-0.2, -0.15) is 0 Å². The van der Waals surface area contributed by atoms with E-state index in [1.165, 1.54) is 0 Å². The normalized spacial score (nSPS) is 21.0. The molecule has 1 aliphatic heterocycles. The maximum Gasteiger partial charge on any atom is 0.244 e. The molecule has 4 nitrogen and oxygen atoms in total. The van der Waals surface area contributed by atoms with E-state index in [4.69, 9.17) is 0 Å². The topological polar surface area (TPSA) is 35.6 Å². The number of amides is 1. The molecule has 1 saturated heterocycles. The second kappa shape index (κ2) is 6.86. The number of likely N-dealkylation sites (N-methyl/N-ethyl adjacent to an activating group) is 1. The van der Waals surface area contributed by atoms with Crippen molar-refractivity contribution in [2.24, 2.45) is 0 Å². The fourth-order valence-electron chi connectivity index (χ4n) is 2.71. The van der Waals surface area contributed by atoms with Gasteiger partial charge in [-0.25, -0.2) is 0 Å². The molecule has 1 N–H and O–H groups in total. The van der Waals surface area contributed by atoms with Crippen LogP contribution in [0.2, 0.25) is 0 Å². The smallest absolute Gasteiger partial charge is 0.244 e. The van der Waals surface area contributed by atoms with Crippen molar-refractivity contribution in [1.82, 2.24) is 15.1 Å². The van der Waals surface area contributed by atoms with Crippen LogP contribution in [0.5, 0.6) is 0 Å². The lowest BCUT2D eigenvalue weighted by molar-refractivity contribution is -0.138. The van der Waals surface area contributed by atoms with E-state index in [1.54, 1.807) is 0 Å². The van der Waals surface area contributed by atoms with Crippen LogP contribution in [0, 0.1) is 0 Å². The molecule has 0 aliphatic carbocycles. The van der Waals surface area contributed by atoms with Gasteiger partial charge in [-0.15, -0.1) is 0 Å². The molecule has 0 bridgehead atoms. The Labute approximate surface area is 121 Å². The first-order valence-corrected chi connectivity index (χ1v) is 7.40. The van der Waals surface area contributed by atoms with E-state index < -0.39 is 0 Å². The highest BCUT2D eigenvalue weighted by atomic mass is 16.2. The number of nitrogens with one attached hydrogen (secondary N) is 1. The molecule has 0 spiro atoms. The molecule has 0 saturated carbocycles. The monoisotopic (exact) mass is 275 g/mol. The van der Waals surface area contributed by atoms with E-state index in [0.717, 1.165) is 31.7 Å². The summed E-state index contributed by atoms with van der Waals surface area (Å²) in [5, 5.41) is 3.38. The minimum atomic E-state index is -0.175. The average molecular weight is 275 g/mol. The minimum Gasteiger partial charge on any atom is -0.338 e. The number of carbonyl (C=O) groups excluding carboxylic acids is 1. The third kappa shape index (κ3) is 3.38. The summed E-state index contributed by atoms with van der Waals surface area (Å²) in [5.41, 5.74) is 1.08. The molecule has 2 unspecified atom stereocenters. The highest BCUT2D eigenvalue weighted by Crippen LogP contribution is 2.22. The van der Waals surface area contributed by atoms with Crippen LogP contribution in [0.3, 0.4) is 0 Å². The van der Waals surface area contributed by atoms with Crippen molar-refractivity contribution in [3.63, 3.8) is 0 Å². The lowest BCUT2D eigenvalue weighted by Gasteiger charge is -2.36. The van der Waals surface area contributed by atoms with Crippen molar-refractivity contribution in [2.75, 3.05) is 33.2 Å². The van der Waals surface area contributed by atoms with Gasteiger partial charge in [0.05, 0.1) is 0 Å². The Hall–Kier alpha value is -1.39. The molecule has 4 heteroatoms. The maximum atomic E-state index is 12.9. The Bertz CT molecular complexity index is 435. The molecule has 1 aromatic carbocycles. The molecule has 1 heterocycles. The number of piperazine rings is 1. The van der Waals surface area contributed by atoms with Crippen LogP contribution >= 0.6 is 0 Å². The zero-order valence-electron chi connectivity index (χ0n) is 12.7. The number of hydrogen-bond donors (Lipinski definition) is 1. The Kier molecular flexibility index (Phi) is 5.15. The van der Waals surface area contributed by atoms with Crippen LogP contribution in [-0.4, -0.2) is 55.0 Å². The predicted molar refractivity (Wildman–Crippen MR) is 81.5 cm³/mol. The van der Waals surface area contributed by atoms with Gasteiger partial charge in [0.25, 0.3) is 0 Å². The predicted octanol–water partition coefficient (Wildman–Crippen LogP) is 1.50. The van der Waals surface area contributed by atoms with Gasteiger partial charge in [-0.3, -0.25) is 9.69 Å². The molecule has 20 heavy (non-hydrogen) atoms. The van der Waals surface area contributed by atoms with Gasteiger partial charge in [0.2, 0.25) is 5.91 Å². The number of carbonyl (C=O) groups is 1. The summed E-state index contributed by atoms with van der Waals surface area (Å²) in [6, 6.07) is 10.3. The SMILES string of the molecule is CCN(C)C(C(=O)N1CCNC(C)C1)c1ccccc1. The van der Waals surface area contributed by atoms with Gasteiger partial charge >= 0.3 is 0 Å². The van der Waals surface area contributed by atoms with Crippen LogP contribution in [-0.2, 0) is 4.79 Å². The van der Waals surface area contributed by atoms with Gasteiger partial charge in [-0.05, 0) is 26.1 Å². The number of benzene rings is 1. The Balaban J connectivity index is 2.20. The summed E-state index contributed by atoms with van der Waals surface area (Å²) < 4.78 is 0. The van der Waals surface area contributed by atoms with Gasteiger partial charge in [0.15, 0.2) is 0 Å². The first kappa shape index (κ1) is 15.0. The Morgan fingerprint density at radius 2 is 2.15 bits per heavy atom. The van der Waals surface area contributed by atoms with Crippen molar-refractivity contribution in [3.05, 3.63) is 35.9 Å². The molecular formula is C16H25N3O. The van der Waals surface area contributed by atoms with E-state index in [1.807, 2.05) is 42.3 Å². The first-order valence-electron chi connectivity index (χ1n) is 7.40. The zero-order valence-corrected chi connectivity index (χ0v) is 12.7. The maximum absolute atomic E-state index is 12.9. The molecular weight excluding hydrogens is 250 g/mol. The average Bonchev–Trinajstić information content (AvgIpc) is 2.48. The molecule has 1 aromatic rings. The van der Waals surface area contributed by atoms with Crippen LogP contribution in [0.15, 0.2) is 30.3 Å². The highest BCUT2D eigenvalue weighted by molar-refractivity contribution is 5.83. The molecule has 1 aliphatic rings. The van der Waals surface area contributed by atoms with E-state index >= 15 is 0 Å². The second-order valence-electron chi connectivity index (χ2n) is 5.53. The van der Waals surface area contributed by atoms with Crippen molar-refractivity contribution < 1.29 is 4.79 Å². The number of rotatable bonds is 4. The van der Waals surface area contributed by atoms with Crippen molar-refractivity contribution in [1.29, 1.82) is 0 Å². The molecule has 1 amide bonds. The summed E-state index contributed by atoms with van der Waals surface area (Å²) in [6.45, 7) is 7.53. The van der Waals surface area contributed by atoms with Gasteiger partial charge in [-0.1, -0.05) is 37.3 Å². The zero-order chi connectivity index (χ0) is 14.5. The molecule has 110 valence electrons. The molecule has 2 rings (SSSR count). The van der Waals surface area contributed by atoms with E-state index in [-0.39, 0.29) is 11.9 Å². The number of hydrogen-bond acceptors (Lipinski definition) is 3. The summed E-state index contributed by atoms with van der Waals surface area (Å²) >= 11 is 0. The van der Waals surface area contributed by atoms with Crippen LogP contribution in [0.25, 0.3) is 0 Å². The Morgan fingerprint density at radius 1 is 1.45 bits per heavy atom. The molecule has 2 atom stereocenters. The third-order valence-electron chi connectivity index (χ3n) is 3.97. The lowest BCUT2D eigenvalue weighted by atomic mass is 10.0. The minimum absolute atomic E-state index is 0.175. The van der Waals surface area contributed by atoms with Crippen LogP contribution in [0.4, 0.5) is 0 Å². The summed E-state index contributed by atoms with van der Waals surface area (Å²) in [4.78, 5) is 17.0. The lowest BCUT2D eigenvalue weighted by Crippen LogP contribution is -2.54. The fraction of sp³-hybridized carbons (Fsp3) is 0.562. The molecule has 0 aromatic heterocycles. The summed E-state index contributed by atoms with van der Waals surface area (Å²) in [5.74, 6) is 0.217. The van der Waals surface area contributed by atoms with Gasteiger partial charge in [0, 0.05) is 25.7 Å². The van der Waals surface area contributed by atoms with Crippen molar-refractivity contribution >= 4 is 5.91 Å². The Morgan fingerprint density at radius 3 is 2.75 bits per heavy atom. The van der Waals surface area contributed by atoms with Gasteiger partial charge < -0.3 is 10.2 Å². The van der Waals surface area contributed by atoms with Gasteiger partial charge in [0.1, 0.15) is 6.04 Å². The summed E-state index contributed by atoms with van der Waals surface area (Å²) in [6.07, 6.45) is 0. The van der Waals surface area contributed by atoms with E-state index in [9.17, 15) is 4.79 Å². The van der Waals surface area contributed by atoms with Crippen LogP contribution < -0.4 is 5.32 Å². The van der Waals surface area contributed by atoms with E-state index in [2.05, 4.69) is 24.1 Å². The number of nitrogens with zero attached hydrogens (tertiary/aromatic N) is 2. The van der Waals surface area contributed by atoms with E-state index in [0.29, 0.717) is 6.04 Å². The fourth-order valence-corrected chi connectivity index (χ4v) is 2.71. The standard InChI is InChI=1S/C16H25N3O/c1-4-18(3)15(14-8-6-5-7-9-14)16(20)19-11-10-17-13(2)12-19/h5-9,13,15,17H,4,10-12H2,1-3H3. The van der Waals surface area contributed by atoms with Crippen molar-refractivity contribution in [3.8, 4) is 0 Å². The first-order chi connectivity index (χ1) is 9.63. The molecule has 1 fully saturated rings. The van der Waals surface area contributed by atoms with Crippen molar-refractivity contribution in [2.45, 2.75) is 25.9 Å². The third-order valence-corrected chi connectivity index (χ3v) is 3.97. The quantitative estimate of drug-likeness (QED) is 0.904. The largest absolute Gasteiger partial charge is 0.338 e.